The van der Waals surface area contributed by atoms with Gasteiger partial charge in [-0.25, -0.2) is 0 Å². The quantitative estimate of drug-likeness (QED) is 0.494. The summed E-state index contributed by atoms with van der Waals surface area (Å²) in [6, 6.07) is 0. The minimum Gasteiger partial charge on any atom is -0.0811 e. The fourth-order valence-electron chi connectivity index (χ4n) is 2.28. The largest absolute Gasteiger partial charge is 0.0811 e. The maximum absolute atomic E-state index is 2.36. The predicted octanol–water partition coefficient (Wildman–Crippen LogP) is 3.31. The molecule has 0 heteroatoms. The molecular formula is C11H16. The van der Waals surface area contributed by atoms with Crippen molar-refractivity contribution in [2.75, 3.05) is 0 Å². The van der Waals surface area contributed by atoms with Crippen LogP contribution in [0.2, 0.25) is 0 Å². The average molecular weight is 148 g/mol. The summed E-state index contributed by atoms with van der Waals surface area (Å²) in [5.41, 5.74) is 3.39. The maximum Gasteiger partial charge on any atom is -0.0221 e. The molecule has 0 aromatic heterocycles. The molecule has 2 rings (SSSR count). The molecule has 2 aliphatic carbocycles. The van der Waals surface area contributed by atoms with Gasteiger partial charge in [0.25, 0.3) is 0 Å². The van der Waals surface area contributed by atoms with Gasteiger partial charge in [0.15, 0.2) is 0 Å². The summed E-state index contributed by atoms with van der Waals surface area (Å²) in [7, 11) is 0. The maximum atomic E-state index is 2.36. The van der Waals surface area contributed by atoms with Crippen molar-refractivity contribution in [1.29, 1.82) is 0 Å². The fourth-order valence-corrected chi connectivity index (χ4v) is 2.28. The van der Waals surface area contributed by atoms with Gasteiger partial charge in [0.1, 0.15) is 0 Å². The van der Waals surface area contributed by atoms with Gasteiger partial charge in [-0.3, -0.25) is 0 Å². The molecule has 0 saturated heterocycles. The zero-order valence-corrected chi connectivity index (χ0v) is 7.43. The van der Waals surface area contributed by atoms with Crippen LogP contribution < -0.4 is 0 Å². The van der Waals surface area contributed by atoms with Crippen LogP contribution in [0.3, 0.4) is 0 Å². The molecule has 0 aliphatic heterocycles. The van der Waals surface area contributed by atoms with Crippen molar-refractivity contribution >= 4 is 0 Å². The van der Waals surface area contributed by atoms with E-state index < -0.39 is 0 Å². The molecular weight excluding hydrogens is 132 g/mol. The van der Waals surface area contributed by atoms with Gasteiger partial charge in [-0.2, -0.15) is 0 Å². The SMILES string of the molecule is CC1C=CC2=C(C1)CC(C)C2. The van der Waals surface area contributed by atoms with Crippen molar-refractivity contribution in [2.24, 2.45) is 11.8 Å². The minimum absolute atomic E-state index is 0.791. The van der Waals surface area contributed by atoms with E-state index in [4.69, 9.17) is 0 Å². The van der Waals surface area contributed by atoms with Crippen molar-refractivity contribution < 1.29 is 0 Å². The molecule has 0 spiro atoms. The average Bonchev–Trinajstić information content (AvgIpc) is 2.27. The van der Waals surface area contributed by atoms with Crippen LogP contribution in [0.15, 0.2) is 23.3 Å². The number of hydrogen-bond donors (Lipinski definition) is 0. The Morgan fingerprint density at radius 2 is 2.00 bits per heavy atom. The molecule has 0 N–H and O–H groups in total. The van der Waals surface area contributed by atoms with Crippen molar-refractivity contribution in [1.82, 2.24) is 0 Å². The molecule has 60 valence electrons. The van der Waals surface area contributed by atoms with E-state index in [2.05, 4.69) is 26.0 Å². The van der Waals surface area contributed by atoms with Gasteiger partial charge >= 0.3 is 0 Å². The molecule has 2 unspecified atom stereocenters. The molecule has 0 saturated carbocycles. The second-order valence-electron chi connectivity index (χ2n) is 4.18. The summed E-state index contributed by atoms with van der Waals surface area (Å²) in [5.74, 6) is 1.70. The van der Waals surface area contributed by atoms with E-state index in [1.165, 1.54) is 19.3 Å². The second kappa shape index (κ2) is 2.51. The molecule has 0 aromatic rings. The van der Waals surface area contributed by atoms with Gasteiger partial charge in [0.2, 0.25) is 0 Å². The summed E-state index contributed by atoms with van der Waals surface area (Å²) in [4.78, 5) is 0. The second-order valence-corrected chi connectivity index (χ2v) is 4.18. The summed E-state index contributed by atoms with van der Waals surface area (Å²) in [6.45, 7) is 4.67. The summed E-state index contributed by atoms with van der Waals surface area (Å²) < 4.78 is 0. The van der Waals surface area contributed by atoms with Crippen molar-refractivity contribution in [3.8, 4) is 0 Å². The molecule has 2 atom stereocenters. The van der Waals surface area contributed by atoms with E-state index >= 15 is 0 Å². The van der Waals surface area contributed by atoms with Crippen LogP contribution in [0.1, 0.15) is 33.1 Å². The van der Waals surface area contributed by atoms with E-state index in [0.717, 1.165) is 11.8 Å². The lowest BCUT2D eigenvalue weighted by Crippen LogP contribution is -1.97. The highest BCUT2D eigenvalue weighted by molar-refractivity contribution is 5.34. The first-order valence-corrected chi connectivity index (χ1v) is 4.65. The molecule has 0 radical (unpaired) electrons. The van der Waals surface area contributed by atoms with Crippen molar-refractivity contribution in [3.05, 3.63) is 23.3 Å². The van der Waals surface area contributed by atoms with Crippen molar-refractivity contribution in [2.45, 2.75) is 33.1 Å². The zero-order chi connectivity index (χ0) is 7.84. The molecule has 0 bridgehead atoms. The molecule has 11 heavy (non-hydrogen) atoms. The van der Waals surface area contributed by atoms with E-state index in [1.54, 1.807) is 11.1 Å². The lowest BCUT2D eigenvalue weighted by atomic mass is 9.92. The first-order valence-electron chi connectivity index (χ1n) is 4.65. The van der Waals surface area contributed by atoms with Crippen LogP contribution in [0.25, 0.3) is 0 Å². The minimum atomic E-state index is 0.791. The van der Waals surface area contributed by atoms with Gasteiger partial charge in [-0.15, -0.1) is 0 Å². The molecule has 2 aliphatic rings. The van der Waals surface area contributed by atoms with Gasteiger partial charge < -0.3 is 0 Å². The smallest absolute Gasteiger partial charge is 0.0221 e. The third-order valence-corrected chi connectivity index (χ3v) is 2.81. The fraction of sp³-hybridized carbons (Fsp3) is 0.636. The normalized spacial score (nSPS) is 36.2. The Balaban J connectivity index is 2.18. The highest BCUT2D eigenvalue weighted by Gasteiger charge is 2.22. The van der Waals surface area contributed by atoms with Crippen LogP contribution in [-0.4, -0.2) is 0 Å². The Kier molecular flexibility index (Phi) is 1.63. The van der Waals surface area contributed by atoms with Gasteiger partial charge in [0, 0.05) is 0 Å². The Bertz CT molecular complexity index is 220. The zero-order valence-electron chi connectivity index (χ0n) is 7.43. The molecule has 0 fully saturated rings. The van der Waals surface area contributed by atoms with Gasteiger partial charge in [-0.05, 0) is 36.7 Å². The Labute approximate surface area is 69.0 Å². The highest BCUT2D eigenvalue weighted by Crippen LogP contribution is 2.38. The van der Waals surface area contributed by atoms with E-state index in [0.29, 0.717) is 0 Å². The molecule has 0 nitrogen and oxygen atoms in total. The summed E-state index contributed by atoms with van der Waals surface area (Å²) in [5, 5.41) is 0. The first kappa shape index (κ1) is 7.15. The molecule has 0 heterocycles. The summed E-state index contributed by atoms with van der Waals surface area (Å²) in [6.07, 6.45) is 8.74. The van der Waals surface area contributed by atoms with Crippen LogP contribution in [-0.2, 0) is 0 Å². The van der Waals surface area contributed by atoms with Crippen LogP contribution in [0, 0.1) is 11.8 Å². The number of rotatable bonds is 0. The number of hydrogen-bond acceptors (Lipinski definition) is 0. The van der Waals surface area contributed by atoms with Gasteiger partial charge in [0.05, 0.1) is 0 Å². The predicted molar refractivity (Wildman–Crippen MR) is 48.3 cm³/mol. The lowest BCUT2D eigenvalue weighted by molar-refractivity contribution is 0.604. The third kappa shape index (κ3) is 1.26. The lowest BCUT2D eigenvalue weighted by Gasteiger charge is -2.13. The van der Waals surface area contributed by atoms with Crippen LogP contribution >= 0.6 is 0 Å². The van der Waals surface area contributed by atoms with Gasteiger partial charge in [-0.1, -0.05) is 31.6 Å². The Hall–Kier alpha value is -0.520. The van der Waals surface area contributed by atoms with E-state index in [9.17, 15) is 0 Å². The van der Waals surface area contributed by atoms with E-state index in [-0.39, 0.29) is 0 Å². The topological polar surface area (TPSA) is 0 Å². The Morgan fingerprint density at radius 3 is 2.82 bits per heavy atom. The van der Waals surface area contributed by atoms with E-state index in [1.807, 2.05) is 0 Å². The molecule has 0 aromatic carbocycles. The molecule has 0 amide bonds. The highest BCUT2D eigenvalue weighted by atomic mass is 14.3. The first-order chi connectivity index (χ1) is 5.25. The monoisotopic (exact) mass is 148 g/mol. The van der Waals surface area contributed by atoms with Crippen molar-refractivity contribution in [3.63, 3.8) is 0 Å². The standard InChI is InChI=1S/C11H16/c1-8-3-4-10-6-9(2)7-11(10)5-8/h3-4,8-9H,5-7H2,1-2H3. The summed E-state index contributed by atoms with van der Waals surface area (Å²) >= 11 is 0. The number of allylic oxidation sites excluding steroid dienone is 4. The van der Waals surface area contributed by atoms with Crippen LogP contribution in [0.5, 0.6) is 0 Å². The van der Waals surface area contributed by atoms with Crippen LogP contribution in [0.4, 0.5) is 0 Å². The third-order valence-electron chi connectivity index (χ3n) is 2.81. The Morgan fingerprint density at radius 1 is 1.18 bits per heavy atom.